The molecule has 1 fully saturated rings. The van der Waals surface area contributed by atoms with E-state index in [2.05, 4.69) is 30.5 Å². The molecular weight excluding hydrogens is 278 g/mol. The van der Waals surface area contributed by atoms with Crippen LogP contribution in [0, 0.1) is 5.92 Å². The standard InChI is InChI=1S/C17H27N3O2/c1-13(2)19-16-7-3-5-14(9-16)10-18-17(22)20-8-4-6-15(11-20)12-21/h3,5,7,9,13,15,19,21H,4,6,8,10-12H2,1-2H3,(H,18,22). The maximum Gasteiger partial charge on any atom is 0.317 e. The molecule has 2 rings (SSSR count). The van der Waals surface area contributed by atoms with Crippen LogP contribution in [0.5, 0.6) is 0 Å². The summed E-state index contributed by atoms with van der Waals surface area (Å²) in [6, 6.07) is 8.44. The highest BCUT2D eigenvalue weighted by Gasteiger charge is 2.22. The van der Waals surface area contributed by atoms with Crippen molar-refractivity contribution in [3.8, 4) is 0 Å². The quantitative estimate of drug-likeness (QED) is 0.783. The van der Waals surface area contributed by atoms with E-state index < -0.39 is 0 Å². The second kappa shape index (κ2) is 8.03. The van der Waals surface area contributed by atoms with Crippen molar-refractivity contribution in [2.45, 2.75) is 39.3 Å². The number of carbonyl (C=O) groups is 1. The minimum atomic E-state index is -0.0413. The van der Waals surface area contributed by atoms with Crippen LogP contribution in [0.25, 0.3) is 0 Å². The zero-order valence-electron chi connectivity index (χ0n) is 13.5. The molecule has 5 nitrogen and oxygen atoms in total. The van der Waals surface area contributed by atoms with Crippen molar-refractivity contribution >= 4 is 11.7 Å². The van der Waals surface area contributed by atoms with Gasteiger partial charge in [-0.2, -0.15) is 0 Å². The first kappa shape index (κ1) is 16.6. The minimum Gasteiger partial charge on any atom is -0.396 e. The molecule has 1 aromatic carbocycles. The number of amides is 2. The molecule has 0 radical (unpaired) electrons. The normalized spacial score (nSPS) is 18.4. The molecule has 1 aliphatic rings. The SMILES string of the molecule is CC(C)Nc1cccc(CNC(=O)N2CCCC(CO)C2)c1. The van der Waals surface area contributed by atoms with Crippen LogP contribution in [0.1, 0.15) is 32.3 Å². The van der Waals surface area contributed by atoms with Gasteiger partial charge in [0, 0.05) is 38.0 Å². The Labute approximate surface area is 132 Å². The van der Waals surface area contributed by atoms with Gasteiger partial charge in [0.15, 0.2) is 0 Å². The van der Waals surface area contributed by atoms with Gasteiger partial charge >= 0.3 is 6.03 Å². The van der Waals surface area contributed by atoms with Crippen molar-refractivity contribution in [3.05, 3.63) is 29.8 Å². The number of anilines is 1. The van der Waals surface area contributed by atoms with Crippen LogP contribution in [-0.2, 0) is 6.54 Å². The number of hydrogen-bond donors (Lipinski definition) is 3. The summed E-state index contributed by atoms with van der Waals surface area (Å²) in [4.78, 5) is 14.0. The van der Waals surface area contributed by atoms with Crippen molar-refractivity contribution in [1.29, 1.82) is 0 Å². The molecule has 122 valence electrons. The van der Waals surface area contributed by atoms with Crippen LogP contribution < -0.4 is 10.6 Å². The summed E-state index contributed by atoms with van der Waals surface area (Å²) in [6.07, 6.45) is 1.97. The van der Waals surface area contributed by atoms with E-state index in [-0.39, 0.29) is 18.6 Å². The van der Waals surface area contributed by atoms with Gasteiger partial charge in [0.05, 0.1) is 0 Å². The topological polar surface area (TPSA) is 64.6 Å². The fourth-order valence-corrected chi connectivity index (χ4v) is 2.79. The van der Waals surface area contributed by atoms with Gasteiger partial charge in [0.25, 0.3) is 0 Å². The van der Waals surface area contributed by atoms with Crippen LogP contribution >= 0.6 is 0 Å². The molecule has 1 heterocycles. The largest absolute Gasteiger partial charge is 0.396 e. The molecular formula is C17H27N3O2. The summed E-state index contributed by atoms with van der Waals surface area (Å²) in [5.74, 6) is 0.220. The van der Waals surface area contributed by atoms with E-state index in [1.807, 2.05) is 18.2 Å². The lowest BCUT2D eigenvalue weighted by Crippen LogP contribution is -2.45. The average molecular weight is 305 g/mol. The summed E-state index contributed by atoms with van der Waals surface area (Å²) in [6.45, 7) is 6.30. The Kier molecular flexibility index (Phi) is 6.07. The van der Waals surface area contributed by atoms with Crippen LogP contribution in [0.2, 0.25) is 0 Å². The number of carbonyl (C=O) groups excluding carboxylic acids is 1. The van der Waals surface area contributed by atoms with Crippen molar-refractivity contribution in [3.63, 3.8) is 0 Å². The van der Waals surface area contributed by atoms with E-state index in [9.17, 15) is 9.90 Å². The molecule has 0 bridgehead atoms. The smallest absolute Gasteiger partial charge is 0.317 e. The Hall–Kier alpha value is -1.75. The van der Waals surface area contributed by atoms with Gasteiger partial charge in [-0.1, -0.05) is 12.1 Å². The van der Waals surface area contributed by atoms with Gasteiger partial charge in [-0.3, -0.25) is 0 Å². The summed E-state index contributed by atoms with van der Waals surface area (Å²) >= 11 is 0. The zero-order chi connectivity index (χ0) is 15.9. The van der Waals surface area contributed by atoms with Gasteiger partial charge in [0.1, 0.15) is 0 Å². The van der Waals surface area contributed by atoms with E-state index in [1.54, 1.807) is 4.90 Å². The predicted octanol–water partition coefficient (Wildman–Crippen LogP) is 2.42. The molecule has 3 N–H and O–H groups in total. The van der Waals surface area contributed by atoms with E-state index in [4.69, 9.17) is 0 Å². The second-order valence-electron chi connectivity index (χ2n) is 6.29. The molecule has 0 aromatic heterocycles. The summed E-state index contributed by atoms with van der Waals surface area (Å²) in [5.41, 5.74) is 2.15. The first-order valence-electron chi connectivity index (χ1n) is 8.07. The number of aliphatic hydroxyl groups excluding tert-OH is 1. The van der Waals surface area contributed by atoms with E-state index >= 15 is 0 Å². The number of likely N-dealkylation sites (tertiary alicyclic amines) is 1. The van der Waals surface area contributed by atoms with Gasteiger partial charge in [-0.25, -0.2) is 4.79 Å². The van der Waals surface area contributed by atoms with Gasteiger partial charge in [-0.05, 0) is 50.3 Å². The number of rotatable bonds is 5. The Morgan fingerprint density at radius 3 is 3.00 bits per heavy atom. The summed E-state index contributed by atoms with van der Waals surface area (Å²) in [7, 11) is 0. The highest BCUT2D eigenvalue weighted by molar-refractivity contribution is 5.74. The van der Waals surface area contributed by atoms with E-state index in [0.717, 1.165) is 30.6 Å². The van der Waals surface area contributed by atoms with Crippen molar-refractivity contribution in [2.75, 3.05) is 25.0 Å². The molecule has 1 atom stereocenters. The Bertz CT molecular complexity index is 491. The molecule has 22 heavy (non-hydrogen) atoms. The summed E-state index contributed by atoms with van der Waals surface area (Å²) < 4.78 is 0. The lowest BCUT2D eigenvalue weighted by Gasteiger charge is -2.31. The monoisotopic (exact) mass is 305 g/mol. The van der Waals surface area contributed by atoms with Crippen LogP contribution in [-0.4, -0.2) is 41.8 Å². The molecule has 0 aliphatic carbocycles. The second-order valence-corrected chi connectivity index (χ2v) is 6.29. The summed E-state index contributed by atoms with van der Waals surface area (Å²) in [5, 5.41) is 15.6. The molecule has 1 aliphatic heterocycles. The fraction of sp³-hybridized carbons (Fsp3) is 0.588. The van der Waals surface area contributed by atoms with E-state index in [0.29, 0.717) is 19.1 Å². The number of urea groups is 1. The van der Waals surface area contributed by atoms with Crippen LogP contribution in [0.15, 0.2) is 24.3 Å². The first-order valence-corrected chi connectivity index (χ1v) is 8.07. The minimum absolute atomic E-state index is 0.0413. The first-order chi connectivity index (χ1) is 10.6. The highest BCUT2D eigenvalue weighted by Crippen LogP contribution is 2.16. The Morgan fingerprint density at radius 1 is 1.45 bits per heavy atom. The predicted molar refractivity (Wildman–Crippen MR) is 88.8 cm³/mol. The molecule has 2 amide bonds. The zero-order valence-corrected chi connectivity index (χ0v) is 13.5. The molecule has 1 aromatic rings. The van der Waals surface area contributed by atoms with Gasteiger partial charge in [0.2, 0.25) is 0 Å². The lowest BCUT2D eigenvalue weighted by atomic mass is 9.99. The molecule has 1 saturated heterocycles. The van der Waals surface area contributed by atoms with Crippen molar-refractivity contribution in [2.24, 2.45) is 5.92 Å². The van der Waals surface area contributed by atoms with Crippen molar-refractivity contribution in [1.82, 2.24) is 10.2 Å². The molecule has 0 saturated carbocycles. The highest BCUT2D eigenvalue weighted by atomic mass is 16.3. The third kappa shape index (κ3) is 4.91. The number of nitrogens with one attached hydrogen (secondary N) is 2. The van der Waals surface area contributed by atoms with Crippen LogP contribution in [0.3, 0.4) is 0 Å². The van der Waals surface area contributed by atoms with Gasteiger partial charge < -0.3 is 20.6 Å². The fourth-order valence-electron chi connectivity index (χ4n) is 2.79. The lowest BCUT2D eigenvalue weighted by molar-refractivity contribution is 0.129. The molecule has 1 unspecified atom stereocenters. The number of piperidine rings is 1. The number of benzene rings is 1. The van der Waals surface area contributed by atoms with E-state index in [1.165, 1.54) is 0 Å². The molecule has 0 spiro atoms. The maximum atomic E-state index is 12.2. The molecule has 5 heteroatoms. The van der Waals surface area contributed by atoms with Crippen LogP contribution in [0.4, 0.5) is 10.5 Å². The average Bonchev–Trinajstić information content (AvgIpc) is 2.52. The third-order valence-electron chi connectivity index (χ3n) is 3.89. The van der Waals surface area contributed by atoms with Gasteiger partial charge in [-0.15, -0.1) is 0 Å². The third-order valence-corrected chi connectivity index (χ3v) is 3.89. The van der Waals surface area contributed by atoms with Crippen molar-refractivity contribution < 1.29 is 9.90 Å². The number of nitrogens with zero attached hydrogens (tertiary/aromatic N) is 1. The Morgan fingerprint density at radius 2 is 2.27 bits per heavy atom. The maximum absolute atomic E-state index is 12.2. The number of aliphatic hydroxyl groups is 1. The number of hydrogen-bond acceptors (Lipinski definition) is 3. The Balaban J connectivity index is 1.85.